The minimum absolute atomic E-state index is 0.821. The summed E-state index contributed by atoms with van der Waals surface area (Å²) in [6.45, 7) is 1.64. The first-order chi connectivity index (χ1) is 26.8. The van der Waals surface area contributed by atoms with Crippen molar-refractivity contribution in [3.63, 3.8) is 0 Å². The highest BCUT2D eigenvalue weighted by molar-refractivity contribution is 6.21. The molecule has 11 aromatic rings. The molecule has 2 heteroatoms. The standard InChI is InChI=1S/C52H36N2/c1-2-18-44-43(17-1)51(37-29-25-35(26-30-37)33-53-47-21-9-5-13-39(47)40-14-6-10-22-48(40)53)45-19-3-4-20-46(45)52(44)38-31-27-36(28-32-38)34-54-49-23-11-7-15-41(49)42-16-8-12-24-50(42)54/h1-32H,33-34H2. The monoisotopic (exact) mass is 688 g/mol. The Morgan fingerprint density at radius 3 is 0.759 bits per heavy atom. The van der Waals surface area contributed by atoms with Crippen LogP contribution in [0.25, 0.3) is 87.4 Å². The first-order valence-electron chi connectivity index (χ1n) is 18.8. The number of hydrogen-bond donors (Lipinski definition) is 0. The summed E-state index contributed by atoms with van der Waals surface area (Å²) in [5, 5.41) is 10.3. The summed E-state index contributed by atoms with van der Waals surface area (Å²) < 4.78 is 4.90. The third-order valence-corrected chi connectivity index (χ3v) is 11.5. The Bertz CT molecular complexity index is 2810. The third-order valence-electron chi connectivity index (χ3n) is 11.5. The van der Waals surface area contributed by atoms with Crippen LogP contribution in [0.1, 0.15) is 11.1 Å². The van der Waals surface area contributed by atoms with Crippen LogP contribution in [0.15, 0.2) is 194 Å². The van der Waals surface area contributed by atoms with Crippen LogP contribution >= 0.6 is 0 Å². The van der Waals surface area contributed by atoms with Gasteiger partial charge < -0.3 is 9.13 Å². The molecular formula is C52H36N2. The van der Waals surface area contributed by atoms with Gasteiger partial charge in [-0.15, -0.1) is 0 Å². The van der Waals surface area contributed by atoms with Crippen molar-refractivity contribution in [3.05, 3.63) is 205 Å². The van der Waals surface area contributed by atoms with Gasteiger partial charge in [0.1, 0.15) is 0 Å². The van der Waals surface area contributed by atoms with Crippen LogP contribution < -0.4 is 0 Å². The molecule has 0 unspecified atom stereocenters. The predicted octanol–water partition coefficient (Wildman–Crippen LogP) is 13.6. The highest BCUT2D eigenvalue weighted by Gasteiger charge is 2.18. The Kier molecular flexibility index (Phi) is 7.03. The van der Waals surface area contributed by atoms with Crippen molar-refractivity contribution < 1.29 is 0 Å². The zero-order valence-electron chi connectivity index (χ0n) is 29.8. The fourth-order valence-electron chi connectivity index (χ4n) is 9.02. The molecule has 0 saturated carbocycles. The van der Waals surface area contributed by atoms with E-state index in [0.29, 0.717) is 0 Å². The molecule has 0 saturated heterocycles. The smallest absolute Gasteiger partial charge is 0.0494 e. The number of rotatable bonds is 6. The second kappa shape index (κ2) is 12.4. The molecule has 0 fully saturated rings. The van der Waals surface area contributed by atoms with Crippen molar-refractivity contribution in [1.82, 2.24) is 9.13 Å². The van der Waals surface area contributed by atoms with Gasteiger partial charge in [0.05, 0.1) is 0 Å². The summed E-state index contributed by atoms with van der Waals surface area (Å²) >= 11 is 0. The normalized spacial score (nSPS) is 11.9. The minimum Gasteiger partial charge on any atom is -0.336 e. The van der Waals surface area contributed by atoms with E-state index >= 15 is 0 Å². The summed E-state index contributed by atoms with van der Waals surface area (Å²) in [5.41, 5.74) is 12.7. The quantitative estimate of drug-likeness (QED) is 0.154. The van der Waals surface area contributed by atoms with E-state index in [1.165, 1.54) is 98.5 Å². The highest BCUT2D eigenvalue weighted by Crippen LogP contribution is 2.44. The summed E-state index contributed by atoms with van der Waals surface area (Å²) in [5.74, 6) is 0. The molecule has 11 rings (SSSR count). The second-order valence-electron chi connectivity index (χ2n) is 14.5. The van der Waals surface area contributed by atoms with E-state index in [9.17, 15) is 0 Å². The minimum atomic E-state index is 0.821. The maximum Gasteiger partial charge on any atom is 0.0494 e. The molecule has 2 nitrogen and oxygen atoms in total. The lowest BCUT2D eigenvalue weighted by atomic mass is 9.85. The van der Waals surface area contributed by atoms with Crippen LogP contribution in [-0.4, -0.2) is 9.13 Å². The lowest BCUT2D eigenvalue weighted by Crippen LogP contribution is -1.99. The molecule has 54 heavy (non-hydrogen) atoms. The van der Waals surface area contributed by atoms with Crippen molar-refractivity contribution >= 4 is 65.2 Å². The Labute approximate surface area is 313 Å². The topological polar surface area (TPSA) is 9.86 Å². The molecule has 254 valence electrons. The molecule has 0 aliphatic carbocycles. The van der Waals surface area contributed by atoms with Crippen LogP contribution in [0.2, 0.25) is 0 Å². The molecule has 0 atom stereocenters. The molecule has 2 aromatic heterocycles. The van der Waals surface area contributed by atoms with Crippen molar-refractivity contribution in [2.45, 2.75) is 13.1 Å². The predicted molar refractivity (Wildman–Crippen MR) is 229 cm³/mol. The Hall–Kier alpha value is -6.90. The van der Waals surface area contributed by atoms with E-state index in [0.717, 1.165) is 13.1 Å². The number of hydrogen-bond acceptors (Lipinski definition) is 0. The van der Waals surface area contributed by atoms with E-state index < -0.39 is 0 Å². The third kappa shape index (κ3) is 4.81. The van der Waals surface area contributed by atoms with Gasteiger partial charge >= 0.3 is 0 Å². The number of nitrogens with zero attached hydrogens (tertiary/aromatic N) is 2. The average Bonchev–Trinajstić information content (AvgIpc) is 3.73. The van der Waals surface area contributed by atoms with E-state index in [1.807, 2.05) is 0 Å². The van der Waals surface area contributed by atoms with Gasteiger partial charge in [0.25, 0.3) is 0 Å². The van der Waals surface area contributed by atoms with Crippen molar-refractivity contribution in [3.8, 4) is 22.3 Å². The van der Waals surface area contributed by atoms with Crippen molar-refractivity contribution in [2.24, 2.45) is 0 Å². The lowest BCUT2D eigenvalue weighted by molar-refractivity contribution is 0.869. The zero-order chi connectivity index (χ0) is 35.6. The van der Waals surface area contributed by atoms with Gasteiger partial charge in [0, 0.05) is 56.7 Å². The molecular weight excluding hydrogens is 653 g/mol. The zero-order valence-corrected chi connectivity index (χ0v) is 29.8. The number of benzene rings is 9. The van der Waals surface area contributed by atoms with Crippen LogP contribution in [0.3, 0.4) is 0 Å². The molecule has 0 radical (unpaired) electrons. The second-order valence-corrected chi connectivity index (χ2v) is 14.5. The largest absolute Gasteiger partial charge is 0.336 e. The van der Waals surface area contributed by atoms with Crippen LogP contribution in [0.4, 0.5) is 0 Å². The number of para-hydroxylation sites is 4. The summed E-state index contributed by atoms with van der Waals surface area (Å²) in [6.07, 6.45) is 0. The highest BCUT2D eigenvalue weighted by atomic mass is 15.0. The maximum atomic E-state index is 2.45. The Morgan fingerprint density at radius 1 is 0.241 bits per heavy atom. The van der Waals surface area contributed by atoms with Crippen LogP contribution in [0.5, 0.6) is 0 Å². The summed E-state index contributed by atoms with van der Waals surface area (Å²) in [6, 6.07) is 71.4. The van der Waals surface area contributed by atoms with Crippen molar-refractivity contribution in [2.75, 3.05) is 0 Å². The molecule has 2 heterocycles. The van der Waals surface area contributed by atoms with Gasteiger partial charge in [0.15, 0.2) is 0 Å². The molecule has 9 aromatic carbocycles. The molecule has 0 bridgehead atoms. The Balaban J connectivity index is 0.986. The molecule has 0 aliphatic heterocycles. The molecule has 0 spiro atoms. The van der Waals surface area contributed by atoms with E-state index in [2.05, 4.69) is 203 Å². The van der Waals surface area contributed by atoms with Gasteiger partial charge in [0.2, 0.25) is 0 Å². The van der Waals surface area contributed by atoms with Gasteiger partial charge in [-0.1, -0.05) is 170 Å². The number of aromatic nitrogens is 2. The first kappa shape index (κ1) is 30.7. The van der Waals surface area contributed by atoms with Crippen LogP contribution in [0, 0.1) is 0 Å². The van der Waals surface area contributed by atoms with Gasteiger partial charge in [-0.25, -0.2) is 0 Å². The van der Waals surface area contributed by atoms with E-state index in [-0.39, 0.29) is 0 Å². The van der Waals surface area contributed by atoms with Gasteiger partial charge in [-0.3, -0.25) is 0 Å². The SMILES string of the molecule is c1ccc2c(-c3ccc(Cn4c5ccccc5c5ccccc54)cc3)c3ccccc3c(-c3ccc(Cn4c5ccccc5c5ccccc54)cc3)c2c1. The lowest BCUT2D eigenvalue weighted by Gasteiger charge is -2.18. The summed E-state index contributed by atoms with van der Waals surface area (Å²) in [4.78, 5) is 0. The fourth-order valence-corrected chi connectivity index (χ4v) is 9.02. The number of fused-ring (bicyclic) bond motifs is 8. The maximum absolute atomic E-state index is 2.45. The fraction of sp³-hybridized carbons (Fsp3) is 0.0385. The molecule has 0 amide bonds. The van der Waals surface area contributed by atoms with Crippen molar-refractivity contribution in [1.29, 1.82) is 0 Å². The molecule has 0 aliphatic rings. The first-order valence-corrected chi connectivity index (χ1v) is 18.8. The Morgan fingerprint density at radius 2 is 0.481 bits per heavy atom. The van der Waals surface area contributed by atoms with Gasteiger partial charge in [-0.05, 0) is 79.2 Å². The van der Waals surface area contributed by atoms with Crippen LogP contribution in [-0.2, 0) is 13.1 Å². The van der Waals surface area contributed by atoms with E-state index in [1.54, 1.807) is 0 Å². The van der Waals surface area contributed by atoms with Gasteiger partial charge in [-0.2, -0.15) is 0 Å². The molecule has 0 N–H and O–H groups in total. The summed E-state index contributed by atoms with van der Waals surface area (Å²) in [7, 11) is 0. The van der Waals surface area contributed by atoms with E-state index in [4.69, 9.17) is 0 Å². The average molecular weight is 689 g/mol.